The maximum atomic E-state index is 13.1. The number of hydrogen-bond donors (Lipinski definition) is 1. The number of carboxylic acids is 1. The molecule has 0 aliphatic carbocycles. The van der Waals surface area contributed by atoms with Gasteiger partial charge in [0.05, 0.1) is 0 Å². The van der Waals surface area contributed by atoms with Crippen LogP contribution in [0.5, 0.6) is 5.75 Å². The standard InChI is InChI=1S/C23H28ClNO5/c1-5-25(18-9-7-8-17(24)15-18)22(28)23(3,4)30-19-12-10-16(11-13-19)14-20(21(26)27)29-6-2/h7-13,15,20H,5-6,14H2,1-4H3,(H,26,27)/t20-/m0/s1. The number of aliphatic carboxylic acids is 1. The summed E-state index contributed by atoms with van der Waals surface area (Å²) in [6, 6.07) is 14.1. The predicted molar refractivity (Wildman–Crippen MR) is 117 cm³/mol. The number of halogens is 1. The Kier molecular flexibility index (Phi) is 8.26. The molecule has 2 aromatic rings. The number of carbonyl (C=O) groups excluding carboxylic acids is 1. The van der Waals surface area contributed by atoms with Crippen molar-refractivity contribution in [3.8, 4) is 5.75 Å². The van der Waals surface area contributed by atoms with E-state index in [9.17, 15) is 14.7 Å². The largest absolute Gasteiger partial charge is 0.479 e. The van der Waals surface area contributed by atoms with Gasteiger partial charge in [0, 0.05) is 30.3 Å². The summed E-state index contributed by atoms with van der Waals surface area (Å²) in [5.74, 6) is -0.675. The zero-order valence-electron chi connectivity index (χ0n) is 17.7. The van der Waals surface area contributed by atoms with Crippen molar-refractivity contribution in [3.63, 3.8) is 0 Å². The Bertz CT molecular complexity index is 866. The van der Waals surface area contributed by atoms with E-state index < -0.39 is 17.7 Å². The van der Waals surface area contributed by atoms with Gasteiger partial charge in [-0.1, -0.05) is 29.8 Å². The second-order valence-electron chi connectivity index (χ2n) is 7.27. The minimum atomic E-state index is -1.12. The number of hydrogen-bond acceptors (Lipinski definition) is 4. The highest BCUT2D eigenvalue weighted by Gasteiger charge is 2.34. The zero-order valence-corrected chi connectivity index (χ0v) is 18.5. The fourth-order valence-electron chi connectivity index (χ4n) is 3.08. The summed E-state index contributed by atoms with van der Waals surface area (Å²) in [4.78, 5) is 26.0. The fraction of sp³-hybridized carbons (Fsp3) is 0.391. The molecule has 0 spiro atoms. The molecule has 0 fully saturated rings. The molecule has 0 aromatic heterocycles. The molecule has 0 saturated heterocycles. The monoisotopic (exact) mass is 433 g/mol. The highest BCUT2D eigenvalue weighted by atomic mass is 35.5. The molecule has 0 radical (unpaired) electrons. The lowest BCUT2D eigenvalue weighted by Gasteiger charge is -2.32. The predicted octanol–water partition coefficient (Wildman–Crippen LogP) is 4.58. The second-order valence-corrected chi connectivity index (χ2v) is 7.71. The molecule has 2 rings (SSSR count). The van der Waals surface area contributed by atoms with Gasteiger partial charge in [0.2, 0.25) is 0 Å². The number of anilines is 1. The molecule has 0 bridgehead atoms. The van der Waals surface area contributed by atoms with Crippen LogP contribution in [-0.2, 0) is 20.7 Å². The van der Waals surface area contributed by atoms with Gasteiger partial charge in [-0.15, -0.1) is 0 Å². The van der Waals surface area contributed by atoms with E-state index in [4.69, 9.17) is 21.1 Å². The Morgan fingerprint density at radius 1 is 1.13 bits per heavy atom. The van der Waals surface area contributed by atoms with Crippen LogP contribution in [0.2, 0.25) is 5.02 Å². The van der Waals surface area contributed by atoms with E-state index in [2.05, 4.69) is 0 Å². The first-order valence-electron chi connectivity index (χ1n) is 9.87. The number of amides is 1. The summed E-state index contributed by atoms with van der Waals surface area (Å²) in [6.07, 6.45) is -0.639. The van der Waals surface area contributed by atoms with Gasteiger partial charge in [0.25, 0.3) is 5.91 Å². The maximum absolute atomic E-state index is 13.1. The van der Waals surface area contributed by atoms with Crippen LogP contribution < -0.4 is 9.64 Å². The molecular weight excluding hydrogens is 406 g/mol. The lowest BCUT2D eigenvalue weighted by Crippen LogP contribution is -2.49. The number of carbonyl (C=O) groups is 2. The van der Waals surface area contributed by atoms with E-state index in [1.807, 2.05) is 13.0 Å². The van der Waals surface area contributed by atoms with Crippen LogP contribution >= 0.6 is 11.6 Å². The molecule has 0 aliphatic rings. The number of benzene rings is 2. The van der Waals surface area contributed by atoms with Crippen molar-refractivity contribution in [2.75, 3.05) is 18.1 Å². The van der Waals surface area contributed by atoms with Crippen LogP contribution in [0.3, 0.4) is 0 Å². The minimum Gasteiger partial charge on any atom is -0.479 e. The van der Waals surface area contributed by atoms with Crippen LogP contribution in [0.15, 0.2) is 48.5 Å². The molecule has 0 unspecified atom stereocenters. The normalized spacial score (nSPS) is 12.3. The summed E-state index contributed by atoms with van der Waals surface area (Å²) in [5, 5.41) is 9.78. The van der Waals surface area contributed by atoms with Gasteiger partial charge >= 0.3 is 5.97 Å². The summed E-state index contributed by atoms with van der Waals surface area (Å²) >= 11 is 6.07. The minimum absolute atomic E-state index is 0.196. The summed E-state index contributed by atoms with van der Waals surface area (Å²) in [5.41, 5.74) is 0.397. The Morgan fingerprint density at radius 2 is 1.80 bits per heavy atom. The smallest absolute Gasteiger partial charge is 0.333 e. The van der Waals surface area contributed by atoms with Crippen molar-refractivity contribution in [2.45, 2.75) is 45.8 Å². The zero-order chi connectivity index (χ0) is 22.3. The molecule has 7 heteroatoms. The van der Waals surface area contributed by atoms with Crippen molar-refractivity contribution in [2.24, 2.45) is 0 Å². The number of likely N-dealkylation sites (N-methyl/N-ethyl adjacent to an activating group) is 1. The van der Waals surface area contributed by atoms with Crippen LogP contribution in [0.4, 0.5) is 5.69 Å². The highest BCUT2D eigenvalue weighted by Crippen LogP contribution is 2.26. The molecule has 1 N–H and O–H groups in total. The van der Waals surface area contributed by atoms with E-state index in [1.54, 1.807) is 68.1 Å². The van der Waals surface area contributed by atoms with Crippen LogP contribution in [0, 0.1) is 0 Å². The third kappa shape index (κ3) is 6.21. The topological polar surface area (TPSA) is 76.1 Å². The van der Waals surface area contributed by atoms with Gasteiger partial charge in [-0.3, -0.25) is 4.79 Å². The van der Waals surface area contributed by atoms with Crippen molar-refractivity contribution in [1.29, 1.82) is 0 Å². The summed E-state index contributed by atoms with van der Waals surface area (Å²) in [6.45, 7) is 7.88. The molecule has 1 amide bonds. The van der Waals surface area contributed by atoms with Crippen molar-refractivity contribution in [3.05, 3.63) is 59.1 Å². The molecule has 1 atom stereocenters. The molecule has 0 heterocycles. The number of rotatable bonds is 10. The fourth-order valence-corrected chi connectivity index (χ4v) is 3.26. The Hall–Kier alpha value is -2.57. The van der Waals surface area contributed by atoms with E-state index in [0.717, 1.165) is 5.56 Å². The number of carboxylic acid groups (broad SMARTS) is 1. The first-order chi connectivity index (χ1) is 14.2. The summed E-state index contributed by atoms with van der Waals surface area (Å²) in [7, 11) is 0. The Balaban J connectivity index is 2.11. The van der Waals surface area contributed by atoms with E-state index in [-0.39, 0.29) is 12.3 Å². The van der Waals surface area contributed by atoms with Crippen molar-refractivity contribution >= 4 is 29.2 Å². The maximum Gasteiger partial charge on any atom is 0.333 e. The third-order valence-corrected chi connectivity index (χ3v) is 4.79. The Morgan fingerprint density at radius 3 is 2.33 bits per heavy atom. The van der Waals surface area contributed by atoms with E-state index in [1.165, 1.54) is 0 Å². The number of nitrogens with zero attached hydrogens (tertiary/aromatic N) is 1. The van der Waals surface area contributed by atoms with Gasteiger partial charge in [-0.2, -0.15) is 0 Å². The first-order valence-corrected chi connectivity index (χ1v) is 10.3. The van der Waals surface area contributed by atoms with E-state index >= 15 is 0 Å². The van der Waals surface area contributed by atoms with Gasteiger partial charge in [-0.05, 0) is 63.6 Å². The van der Waals surface area contributed by atoms with Gasteiger partial charge in [0.15, 0.2) is 11.7 Å². The van der Waals surface area contributed by atoms with E-state index in [0.29, 0.717) is 29.6 Å². The SMILES string of the molecule is CCO[C@@H](Cc1ccc(OC(C)(C)C(=O)N(CC)c2cccc(Cl)c2)cc1)C(=O)O. The molecule has 0 saturated carbocycles. The summed E-state index contributed by atoms with van der Waals surface area (Å²) < 4.78 is 11.2. The molecule has 162 valence electrons. The van der Waals surface area contributed by atoms with Crippen LogP contribution in [0.25, 0.3) is 0 Å². The first kappa shape index (κ1) is 23.7. The average Bonchev–Trinajstić information content (AvgIpc) is 2.69. The molecule has 6 nitrogen and oxygen atoms in total. The molecule has 2 aromatic carbocycles. The van der Waals surface area contributed by atoms with Gasteiger partial charge in [-0.25, -0.2) is 4.79 Å². The lowest BCUT2D eigenvalue weighted by molar-refractivity contribution is -0.150. The Labute approximate surface area is 182 Å². The average molecular weight is 434 g/mol. The second kappa shape index (κ2) is 10.5. The third-order valence-electron chi connectivity index (χ3n) is 4.56. The molecule has 0 aliphatic heterocycles. The van der Waals surface area contributed by atoms with Crippen LogP contribution in [-0.4, -0.2) is 41.8 Å². The number of ether oxygens (including phenoxy) is 2. The highest BCUT2D eigenvalue weighted by molar-refractivity contribution is 6.30. The van der Waals surface area contributed by atoms with Gasteiger partial charge in [0.1, 0.15) is 5.75 Å². The van der Waals surface area contributed by atoms with Crippen LogP contribution in [0.1, 0.15) is 33.3 Å². The quantitative estimate of drug-likeness (QED) is 0.593. The lowest BCUT2D eigenvalue weighted by atomic mass is 10.1. The van der Waals surface area contributed by atoms with Crippen molar-refractivity contribution in [1.82, 2.24) is 0 Å². The van der Waals surface area contributed by atoms with Crippen molar-refractivity contribution < 1.29 is 24.2 Å². The molecule has 30 heavy (non-hydrogen) atoms. The molecular formula is C23H28ClNO5. The van der Waals surface area contributed by atoms with Gasteiger partial charge < -0.3 is 19.5 Å².